The maximum atomic E-state index is 13.7. The van der Waals surface area contributed by atoms with E-state index in [0.29, 0.717) is 15.8 Å². The Labute approximate surface area is 221 Å². The molecular formula is C27H24Br2N2O2S. The number of amides is 1. The summed E-state index contributed by atoms with van der Waals surface area (Å²) in [5, 5.41) is 0.625. The second kappa shape index (κ2) is 10.5. The first kappa shape index (κ1) is 24.8. The third kappa shape index (κ3) is 5.32. The first-order valence-electron chi connectivity index (χ1n) is 10.8. The summed E-state index contributed by atoms with van der Waals surface area (Å²) in [7, 11) is 0. The van der Waals surface area contributed by atoms with E-state index in [1.807, 2.05) is 94.4 Å². The van der Waals surface area contributed by atoms with Gasteiger partial charge >= 0.3 is 0 Å². The lowest BCUT2D eigenvalue weighted by molar-refractivity contribution is -0.113. The normalized spacial score (nSPS) is 16.2. The van der Waals surface area contributed by atoms with E-state index in [2.05, 4.69) is 31.9 Å². The van der Waals surface area contributed by atoms with E-state index < -0.39 is 0 Å². The van der Waals surface area contributed by atoms with Crippen molar-refractivity contribution in [3.63, 3.8) is 0 Å². The number of aliphatic imine (C=N–C) groups is 1. The molecule has 1 aliphatic heterocycles. The zero-order chi connectivity index (χ0) is 24.4. The van der Waals surface area contributed by atoms with E-state index in [1.54, 1.807) is 4.90 Å². The number of anilines is 1. The number of halogens is 2. The monoisotopic (exact) mass is 598 g/mol. The van der Waals surface area contributed by atoms with Crippen LogP contribution in [0.5, 0.6) is 5.75 Å². The fourth-order valence-corrected chi connectivity index (χ4v) is 5.95. The van der Waals surface area contributed by atoms with E-state index in [1.165, 1.54) is 11.8 Å². The van der Waals surface area contributed by atoms with Crippen LogP contribution in [0.2, 0.25) is 0 Å². The number of thioether (sulfide) groups is 1. The van der Waals surface area contributed by atoms with Gasteiger partial charge in [-0.1, -0.05) is 52.3 Å². The van der Waals surface area contributed by atoms with Gasteiger partial charge in [0, 0.05) is 10.0 Å². The van der Waals surface area contributed by atoms with E-state index in [9.17, 15) is 4.79 Å². The summed E-state index contributed by atoms with van der Waals surface area (Å²) in [6.45, 7) is 8.03. The Morgan fingerprint density at radius 3 is 2.32 bits per heavy atom. The molecule has 4 rings (SSSR count). The number of hydrogen-bond donors (Lipinski definition) is 0. The molecule has 0 saturated carbocycles. The highest BCUT2D eigenvalue weighted by Crippen LogP contribution is 2.41. The smallest absolute Gasteiger partial charge is 0.271 e. The minimum Gasteiger partial charge on any atom is -0.489 e. The van der Waals surface area contributed by atoms with Crippen LogP contribution in [0.1, 0.15) is 30.5 Å². The van der Waals surface area contributed by atoms with Gasteiger partial charge in [-0.05, 0) is 96.9 Å². The average molecular weight is 600 g/mol. The Bertz CT molecular complexity index is 1280. The molecular weight excluding hydrogens is 576 g/mol. The van der Waals surface area contributed by atoms with Gasteiger partial charge in [0.15, 0.2) is 5.17 Å². The van der Waals surface area contributed by atoms with Crippen LogP contribution in [0.15, 0.2) is 79.5 Å². The van der Waals surface area contributed by atoms with Crippen LogP contribution < -0.4 is 9.64 Å². The van der Waals surface area contributed by atoms with E-state index in [0.717, 1.165) is 37.0 Å². The molecule has 0 spiro atoms. The molecule has 3 aromatic rings. The maximum Gasteiger partial charge on any atom is 0.271 e. The van der Waals surface area contributed by atoms with Gasteiger partial charge in [-0.2, -0.15) is 0 Å². The fourth-order valence-electron chi connectivity index (χ4n) is 3.62. The Morgan fingerprint density at radius 2 is 1.68 bits per heavy atom. The van der Waals surface area contributed by atoms with Crippen LogP contribution in [0, 0.1) is 13.8 Å². The standard InChI is InChI=1S/C27H24Br2N2O2S/c1-16(2)33-25-19(13-20(28)15-22(25)29)14-23-26(32)31(21-11-6-5-7-12-21)27(34-23)30-24-17(3)9-8-10-18(24)4/h5-16H,1-4H3/b23-14-,30-27?. The van der Waals surface area contributed by atoms with Gasteiger partial charge in [0.2, 0.25) is 0 Å². The van der Waals surface area contributed by atoms with Crippen LogP contribution in [-0.4, -0.2) is 17.2 Å². The van der Waals surface area contributed by atoms with Gasteiger partial charge in [-0.15, -0.1) is 0 Å². The number of benzene rings is 3. The number of amidine groups is 1. The Hall–Kier alpha value is -2.35. The number of carbonyl (C=O) groups excluding carboxylic acids is 1. The molecule has 0 unspecified atom stereocenters. The molecule has 0 aliphatic carbocycles. The molecule has 3 aromatic carbocycles. The average Bonchev–Trinajstić information content (AvgIpc) is 3.08. The van der Waals surface area contributed by atoms with Crippen molar-refractivity contribution in [2.24, 2.45) is 4.99 Å². The zero-order valence-corrected chi connectivity index (χ0v) is 23.3. The molecule has 1 amide bonds. The number of ether oxygens (including phenoxy) is 1. The number of hydrogen-bond acceptors (Lipinski definition) is 4. The molecule has 0 N–H and O–H groups in total. The summed E-state index contributed by atoms with van der Waals surface area (Å²) < 4.78 is 7.78. The highest BCUT2D eigenvalue weighted by molar-refractivity contribution is 9.11. The van der Waals surface area contributed by atoms with E-state index in [-0.39, 0.29) is 12.0 Å². The van der Waals surface area contributed by atoms with Gasteiger partial charge < -0.3 is 4.74 Å². The number of rotatable bonds is 5. The SMILES string of the molecule is Cc1cccc(C)c1N=C1S/C(=C\c2cc(Br)cc(Br)c2OC(C)C)C(=O)N1c1ccccc1. The summed E-state index contributed by atoms with van der Waals surface area (Å²) in [6.07, 6.45) is 1.87. The molecule has 1 heterocycles. The van der Waals surface area contributed by atoms with Crippen LogP contribution in [0.3, 0.4) is 0 Å². The molecule has 1 aliphatic rings. The number of carbonyl (C=O) groups is 1. The lowest BCUT2D eigenvalue weighted by atomic mass is 10.1. The first-order valence-corrected chi connectivity index (χ1v) is 13.2. The summed E-state index contributed by atoms with van der Waals surface area (Å²) in [5.41, 5.74) is 4.60. The van der Waals surface area contributed by atoms with Crippen molar-refractivity contribution in [1.82, 2.24) is 0 Å². The molecule has 4 nitrogen and oxygen atoms in total. The molecule has 34 heavy (non-hydrogen) atoms. The van der Waals surface area contributed by atoms with E-state index in [4.69, 9.17) is 9.73 Å². The van der Waals surface area contributed by atoms with Crippen molar-refractivity contribution in [3.8, 4) is 5.75 Å². The van der Waals surface area contributed by atoms with Crippen LogP contribution in [0.25, 0.3) is 6.08 Å². The summed E-state index contributed by atoms with van der Waals surface area (Å²) in [6, 6.07) is 19.6. The molecule has 0 aromatic heterocycles. The number of aryl methyl sites for hydroxylation is 2. The van der Waals surface area contributed by atoms with Crippen molar-refractivity contribution in [1.29, 1.82) is 0 Å². The minimum atomic E-state index is -0.118. The highest BCUT2D eigenvalue weighted by atomic mass is 79.9. The maximum absolute atomic E-state index is 13.7. The van der Waals surface area contributed by atoms with Crippen molar-refractivity contribution >= 4 is 72.1 Å². The van der Waals surface area contributed by atoms with Crippen molar-refractivity contribution in [3.05, 3.63) is 91.2 Å². The largest absolute Gasteiger partial charge is 0.489 e. The zero-order valence-electron chi connectivity index (χ0n) is 19.3. The summed E-state index contributed by atoms with van der Waals surface area (Å²) in [4.78, 5) is 20.9. The third-order valence-electron chi connectivity index (χ3n) is 5.14. The second-order valence-corrected chi connectivity index (χ2v) is 11.0. The molecule has 0 atom stereocenters. The minimum absolute atomic E-state index is 0.0106. The fraction of sp³-hybridized carbons (Fsp3) is 0.185. The van der Waals surface area contributed by atoms with Gasteiger partial charge in [0.25, 0.3) is 5.91 Å². The molecule has 1 fully saturated rings. The van der Waals surface area contributed by atoms with Crippen LogP contribution in [-0.2, 0) is 4.79 Å². The highest BCUT2D eigenvalue weighted by Gasteiger charge is 2.35. The van der Waals surface area contributed by atoms with Crippen molar-refractivity contribution in [2.45, 2.75) is 33.8 Å². The van der Waals surface area contributed by atoms with Crippen molar-refractivity contribution < 1.29 is 9.53 Å². The Morgan fingerprint density at radius 1 is 1.00 bits per heavy atom. The lowest BCUT2D eigenvalue weighted by Crippen LogP contribution is -2.28. The van der Waals surface area contributed by atoms with Crippen LogP contribution >= 0.6 is 43.6 Å². The van der Waals surface area contributed by atoms with Gasteiger partial charge in [0.1, 0.15) is 5.75 Å². The number of para-hydroxylation sites is 2. The molecule has 0 radical (unpaired) electrons. The van der Waals surface area contributed by atoms with Gasteiger partial charge in [-0.3, -0.25) is 9.69 Å². The lowest BCUT2D eigenvalue weighted by Gasteiger charge is -2.16. The van der Waals surface area contributed by atoms with Crippen LogP contribution in [0.4, 0.5) is 11.4 Å². The van der Waals surface area contributed by atoms with Gasteiger partial charge in [-0.25, -0.2) is 4.99 Å². The molecule has 0 bridgehead atoms. The van der Waals surface area contributed by atoms with E-state index >= 15 is 0 Å². The second-order valence-electron chi connectivity index (χ2n) is 8.19. The summed E-state index contributed by atoms with van der Waals surface area (Å²) in [5.74, 6) is 0.582. The predicted octanol–water partition coefficient (Wildman–Crippen LogP) is 8.42. The Balaban J connectivity index is 1.85. The number of nitrogens with zero attached hydrogens (tertiary/aromatic N) is 2. The quantitative estimate of drug-likeness (QED) is 0.276. The third-order valence-corrected chi connectivity index (χ3v) is 7.16. The topological polar surface area (TPSA) is 41.9 Å². The molecule has 1 saturated heterocycles. The summed E-state index contributed by atoms with van der Waals surface area (Å²) >= 11 is 8.53. The molecule has 174 valence electrons. The molecule has 7 heteroatoms. The first-order chi connectivity index (χ1) is 16.2. The Kier molecular flexibility index (Phi) is 7.65. The van der Waals surface area contributed by atoms with Gasteiger partial charge in [0.05, 0.1) is 26.9 Å². The predicted molar refractivity (Wildman–Crippen MR) is 150 cm³/mol. The van der Waals surface area contributed by atoms with Crippen molar-refractivity contribution in [2.75, 3.05) is 4.90 Å².